The molecule has 0 aliphatic rings. The Balaban J connectivity index is 3.23. The van der Waals surface area contributed by atoms with Gasteiger partial charge in [0, 0.05) is 17.7 Å². The molecule has 68 valence electrons. The molecule has 0 saturated heterocycles. The van der Waals surface area contributed by atoms with E-state index < -0.39 is 0 Å². The number of hydrogen-bond acceptors (Lipinski definition) is 3. The summed E-state index contributed by atoms with van der Waals surface area (Å²) in [6.45, 7) is 3.75. The van der Waals surface area contributed by atoms with Gasteiger partial charge < -0.3 is 14.9 Å². The molecule has 1 rings (SSSR count). The molecule has 0 aliphatic carbocycles. The predicted molar refractivity (Wildman–Crippen MR) is 50.2 cm³/mol. The fourth-order valence-electron chi connectivity index (χ4n) is 1.26. The molecule has 0 unspecified atom stereocenters. The molecule has 2 radical (unpaired) electrons. The highest BCUT2D eigenvalue weighted by molar-refractivity contribution is 6.00. The van der Waals surface area contributed by atoms with E-state index in [1.807, 2.05) is 13.8 Å². The smallest absolute Gasteiger partial charge is 0.374 e. The molecule has 3 nitrogen and oxygen atoms in total. The van der Waals surface area contributed by atoms with Crippen LogP contribution in [0.15, 0.2) is 12.1 Å². The number of hydrogen-bond donors (Lipinski definition) is 2. The third-order valence-corrected chi connectivity index (χ3v) is 1.82. The number of benzene rings is 1. The van der Waals surface area contributed by atoms with Crippen molar-refractivity contribution in [1.29, 1.82) is 0 Å². The Labute approximate surface area is 78.4 Å². The first-order valence-corrected chi connectivity index (χ1v) is 3.99. The molecular formula is C9H11BO3. The van der Waals surface area contributed by atoms with Gasteiger partial charge >= 0.3 is 8.05 Å². The van der Waals surface area contributed by atoms with Gasteiger partial charge in [-0.25, -0.2) is 0 Å². The van der Waals surface area contributed by atoms with E-state index in [2.05, 4.69) is 4.65 Å². The minimum Gasteiger partial charge on any atom is -0.568 e. The topological polar surface area (TPSA) is 49.7 Å². The molecule has 0 heterocycles. The van der Waals surface area contributed by atoms with Crippen molar-refractivity contribution in [3.8, 4) is 17.2 Å². The van der Waals surface area contributed by atoms with Crippen molar-refractivity contribution < 1.29 is 14.9 Å². The van der Waals surface area contributed by atoms with Crippen LogP contribution in [0.4, 0.5) is 0 Å². The third kappa shape index (κ3) is 1.88. The normalized spacial score (nSPS) is 10.4. The van der Waals surface area contributed by atoms with E-state index in [9.17, 15) is 10.2 Å². The first-order chi connectivity index (χ1) is 6.06. The van der Waals surface area contributed by atoms with Crippen molar-refractivity contribution in [3.63, 3.8) is 0 Å². The molecule has 1 aromatic carbocycles. The van der Waals surface area contributed by atoms with Crippen molar-refractivity contribution in [2.24, 2.45) is 0 Å². The molecule has 0 saturated carbocycles. The molecule has 1 aromatic rings. The summed E-state index contributed by atoms with van der Waals surface area (Å²) in [7, 11) is 4.89. The van der Waals surface area contributed by atoms with Gasteiger partial charge in [-0.3, -0.25) is 0 Å². The molecule has 2 N–H and O–H groups in total. The summed E-state index contributed by atoms with van der Waals surface area (Å²) in [5.74, 6) is 0.275. The molecule has 0 fully saturated rings. The Morgan fingerprint density at radius 3 is 2.00 bits per heavy atom. The fraction of sp³-hybridized carbons (Fsp3) is 0.333. The molecule has 0 atom stereocenters. The maximum Gasteiger partial charge on any atom is 0.374 e. The Morgan fingerprint density at radius 2 is 1.69 bits per heavy atom. The average Bonchev–Trinajstić information content (AvgIpc) is 2.02. The van der Waals surface area contributed by atoms with Gasteiger partial charge in [-0.15, -0.1) is 0 Å². The van der Waals surface area contributed by atoms with Gasteiger partial charge in [0.2, 0.25) is 0 Å². The zero-order valence-corrected chi connectivity index (χ0v) is 7.61. The van der Waals surface area contributed by atoms with Gasteiger partial charge in [0.05, 0.1) is 0 Å². The van der Waals surface area contributed by atoms with Crippen molar-refractivity contribution in [2.75, 3.05) is 0 Å². The lowest BCUT2D eigenvalue weighted by molar-refractivity contribution is 0.428. The standard InChI is InChI=1S/C9H11BO3/c1-5(2)9-7(11)3-6(13-10)4-8(9)12/h3-5,11-12H,1-2H3. The molecule has 0 bridgehead atoms. The number of phenolic OH excluding ortho intramolecular Hbond substituents is 2. The van der Waals surface area contributed by atoms with E-state index in [1.165, 1.54) is 12.1 Å². The molecular weight excluding hydrogens is 167 g/mol. The summed E-state index contributed by atoms with van der Waals surface area (Å²) in [6.07, 6.45) is 0. The van der Waals surface area contributed by atoms with E-state index in [0.29, 0.717) is 5.56 Å². The van der Waals surface area contributed by atoms with Crippen LogP contribution in [0, 0.1) is 0 Å². The molecule has 0 aliphatic heterocycles. The number of rotatable bonds is 2. The van der Waals surface area contributed by atoms with E-state index >= 15 is 0 Å². The molecule has 0 spiro atoms. The summed E-state index contributed by atoms with van der Waals surface area (Å²) < 4.78 is 4.39. The first kappa shape index (κ1) is 9.77. The van der Waals surface area contributed by atoms with Gasteiger partial charge in [0.15, 0.2) is 0 Å². The molecule has 13 heavy (non-hydrogen) atoms. The van der Waals surface area contributed by atoms with E-state index in [0.717, 1.165) is 0 Å². The van der Waals surface area contributed by atoms with Gasteiger partial charge in [-0.2, -0.15) is 0 Å². The quantitative estimate of drug-likeness (QED) is 0.677. The highest BCUT2D eigenvalue weighted by Crippen LogP contribution is 2.37. The average molecular weight is 178 g/mol. The second-order valence-electron chi connectivity index (χ2n) is 3.15. The largest absolute Gasteiger partial charge is 0.568 e. The van der Waals surface area contributed by atoms with Crippen LogP contribution in [0.5, 0.6) is 17.2 Å². The highest BCUT2D eigenvalue weighted by Gasteiger charge is 2.12. The lowest BCUT2D eigenvalue weighted by atomic mass is 10.0. The predicted octanol–water partition coefficient (Wildman–Crippen LogP) is 1.68. The molecule has 0 amide bonds. The third-order valence-electron chi connectivity index (χ3n) is 1.82. The summed E-state index contributed by atoms with van der Waals surface area (Å²) in [5.41, 5.74) is 0.501. The monoisotopic (exact) mass is 178 g/mol. The van der Waals surface area contributed by atoms with E-state index in [4.69, 9.17) is 8.05 Å². The maximum absolute atomic E-state index is 9.48. The fourth-order valence-corrected chi connectivity index (χ4v) is 1.26. The first-order valence-electron chi connectivity index (χ1n) is 3.99. The second-order valence-corrected chi connectivity index (χ2v) is 3.15. The van der Waals surface area contributed by atoms with Crippen LogP contribution in [0.1, 0.15) is 25.3 Å². The Bertz CT molecular complexity index is 287. The maximum atomic E-state index is 9.48. The van der Waals surface area contributed by atoms with E-state index in [-0.39, 0.29) is 23.2 Å². The summed E-state index contributed by atoms with van der Waals surface area (Å²) >= 11 is 0. The van der Waals surface area contributed by atoms with Crippen molar-refractivity contribution in [1.82, 2.24) is 0 Å². The van der Waals surface area contributed by atoms with Gasteiger partial charge in [0.25, 0.3) is 0 Å². The molecule has 4 heteroatoms. The zero-order chi connectivity index (χ0) is 10.0. The van der Waals surface area contributed by atoms with Crippen LogP contribution < -0.4 is 4.65 Å². The van der Waals surface area contributed by atoms with Crippen molar-refractivity contribution in [2.45, 2.75) is 19.8 Å². The second kappa shape index (κ2) is 3.60. The van der Waals surface area contributed by atoms with Crippen LogP contribution in [0.2, 0.25) is 0 Å². The van der Waals surface area contributed by atoms with Crippen LogP contribution >= 0.6 is 0 Å². The van der Waals surface area contributed by atoms with Crippen LogP contribution in [-0.4, -0.2) is 18.3 Å². The van der Waals surface area contributed by atoms with Crippen LogP contribution in [0.25, 0.3) is 0 Å². The van der Waals surface area contributed by atoms with Crippen LogP contribution in [-0.2, 0) is 0 Å². The van der Waals surface area contributed by atoms with Crippen molar-refractivity contribution >= 4 is 8.05 Å². The Hall–Kier alpha value is -1.32. The lowest BCUT2D eigenvalue weighted by Gasteiger charge is -2.12. The summed E-state index contributed by atoms with van der Waals surface area (Å²) in [6, 6.07) is 2.74. The van der Waals surface area contributed by atoms with Gasteiger partial charge in [-0.1, -0.05) is 13.8 Å². The van der Waals surface area contributed by atoms with Gasteiger partial charge in [-0.05, 0) is 5.92 Å². The molecule has 0 aromatic heterocycles. The Morgan fingerprint density at radius 1 is 1.23 bits per heavy atom. The van der Waals surface area contributed by atoms with Gasteiger partial charge in [0.1, 0.15) is 17.2 Å². The van der Waals surface area contributed by atoms with Crippen LogP contribution in [0.3, 0.4) is 0 Å². The lowest BCUT2D eigenvalue weighted by Crippen LogP contribution is -1.91. The number of phenols is 2. The van der Waals surface area contributed by atoms with Crippen molar-refractivity contribution in [3.05, 3.63) is 17.7 Å². The minimum absolute atomic E-state index is 0.00421. The highest BCUT2D eigenvalue weighted by atomic mass is 16.4. The minimum atomic E-state index is -0.00421. The zero-order valence-electron chi connectivity index (χ0n) is 7.61. The number of aromatic hydroxyl groups is 2. The van der Waals surface area contributed by atoms with E-state index in [1.54, 1.807) is 0 Å². The SMILES string of the molecule is [B]Oc1cc(O)c(C(C)C)c(O)c1. The Kier molecular flexibility index (Phi) is 2.71. The summed E-state index contributed by atoms with van der Waals surface area (Å²) in [5, 5.41) is 19.0. The summed E-state index contributed by atoms with van der Waals surface area (Å²) in [4.78, 5) is 0.